The second-order valence-corrected chi connectivity index (χ2v) is 6.34. The van der Waals surface area contributed by atoms with Crippen LogP contribution in [0.3, 0.4) is 0 Å². The maximum atomic E-state index is 6.05. The van der Waals surface area contributed by atoms with Gasteiger partial charge in [-0.1, -0.05) is 0 Å². The zero-order chi connectivity index (χ0) is 13.2. The van der Waals surface area contributed by atoms with Crippen LogP contribution in [0, 0.1) is 6.92 Å². The van der Waals surface area contributed by atoms with Gasteiger partial charge < -0.3 is 10.5 Å². The number of thiazole rings is 1. The molecule has 1 aliphatic rings. The molecule has 2 heterocycles. The first-order chi connectivity index (χ1) is 8.55. The summed E-state index contributed by atoms with van der Waals surface area (Å²) in [4.78, 5) is 6.90. The fourth-order valence-corrected chi connectivity index (χ4v) is 3.33. The minimum Gasteiger partial charge on any atom is -0.378 e. The van der Waals surface area contributed by atoms with Crippen molar-refractivity contribution < 1.29 is 4.74 Å². The molecule has 2 rings (SSSR count). The number of aryl methyl sites for hydroxylation is 1. The van der Waals surface area contributed by atoms with Crippen molar-refractivity contribution >= 4 is 11.3 Å². The number of aromatic nitrogens is 1. The quantitative estimate of drug-likeness (QED) is 0.905. The Hall–Kier alpha value is -0.490. The molecule has 5 heteroatoms. The molecule has 0 aromatic carbocycles. The van der Waals surface area contributed by atoms with Crippen LogP contribution in [-0.4, -0.2) is 41.7 Å². The van der Waals surface area contributed by atoms with Crippen LogP contribution in [0.25, 0.3) is 0 Å². The van der Waals surface area contributed by atoms with Crippen LogP contribution < -0.4 is 5.73 Å². The maximum Gasteiger partial charge on any atom is 0.0897 e. The molecule has 0 saturated carbocycles. The lowest BCUT2D eigenvalue weighted by Gasteiger charge is -2.45. The number of ether oxygens (including phenoxy) is 1. The molecule has 0 aliphatic carbocycles. The molecule has 0 radical (unpaired) electrons. The Morgan fingerprint density at radius 1 is 1.67 bits per heavy atom. The summed E-state index contributed by atoms with van der Waals surface area (Å²) in [6.07, 6.45) is 2.30. The van der Waals surface area contributed by atoms with Gasteiger partial charge in [0.15, 0.2) is 0 Å². The molecule has 1 aliphatic heterocycles. The first-order valence-corrected chi connectivity index (χ1v) is 7.37. The van der Waals surface area contributed by atoms with Crippen molar-refractivity contribution in [3.63, 3.8) is 0 Å². The van der Waals surface area contributed by atoms with Gasteiger partial charge in [-0.2, -0.15) is 0 Å². The predicted molar refractivity (Wildman–Crippen MR) is 74.8 cm³/mol. The normalized spacial score (nSPS) is 28.8. The highest BCUT2D eigenvalue weighted by molar-refractivity contribution is 7.09. The van der Waals surface area contributed by atoms with Gasteiger partial charge in [0.1, 0.15) is 0 Å². The Morgan fingerprint density at radius 3 is 3.00 bits per heavy atom. The Morgan fingerprint density at radius 2 is 2.44 bits per heavy atom. The molecule has 102 valence electrons. The van der Waals surface area contributed by atoms with Gasteiger partial charge in [-0.25, -0.2) is 4.98 Å². The summed E-state index contributed by atoms with van der Waals surface area (Å²) in [5.74, 6) is 0. The third-order valence-corrected chi connectivity index (χ3v) is 4.71. The third kappa shape index (κ3) is 2.91. The fraction of sp³-hybridized carbons (Fsp3) is 0.769. The van der Waals surface area contributed by atoms with Crippen molar-refractivity contribution in [2.45, 2.75) is 44.9 Å². The van der Waals surface area contributed by atoms with Crippen molar-refractivity contribution in [2.75, 3.05) is 20.2 Å². The van der Waals surface area contributed by atoms with E-state index in [0.29, 0.717) is 12.6 Å². The molecule has 1 saturated heterocycles. The van der Waals surface area contributed by atoms with E-state index in [0.717, 1.165) is 36.7 Å². The number of nitrogens with zero attached hydrogens (tertiary/aromatic N) is 2. The zero-order valence-corrected chi connectivity index (χ0v) is 12.3. The highest BCUT2D eigenvalue weighted by Gasteiger charge is 2.38. The minimum absolute atomic E-state index is 0.0647. The summed E-state index contributed by atoms with van der Waals surface area (Å²) in [7, 11) is 2.15. The SMILES string of the molecule is Cc1nc(CN(C)C2(CN)CCOC(C)C2)cs1. The van der Waals surface area contributed by atoms with Gasteiger partial charge in [-0.05, 0) is 33.7 Å². The standard InChI is InChI=1S/C13H23N3OS/c1-10-6-13(9-14,4-5-17-10)16(3)7-12-8-18-11(2)15-12/h8,10H,4-7,9,14H2,1-3H3. The van der Waals surface area contributed by atoms with Crippen molar-refractivity contribution in [3.05, 3.63) is 16.1 Å². The van der Waals surface area contributed by atoms with Gasteiger partial charge in [0.2, 0.25) is 0 Å². The number of hydrogen-bond acceptors (Lipinski definition) is 5. The Labute approximate surface area is 113 Å². The molecule has 0 spiro atoms. The third-order valence-electron chi connectivity index (χ3n) is 3.89. The summed E-state index contributed by atoms with van der Waals surface area (Å²) in [5.41, 5.74) is 7.26. The molecular weight excluding hydrogens is 246 g/mol. The lowest BCUT2D eigenvalue weighted by Crippen LogP contribution is -2.56. The lowest BCUT2D eigenvalue weighted by atomic mass is 9.85. The van der Waals surface area contributed by atoms with Crippen LogP contribution in [-0.2, 0) is 11.3 Å². The average molecular weight is 269 g/mol. The molecule has 4 nitrogen and oxygen atoms in total. The second kappa shape index (κ2) is 5.65. The van der Waals surface area contributed by atoms with E-state index in [2.05, 4.69) is 29.2 Å². The lowest BCUT2D eigenvalue weighted by molar-refractivity contribution is -0.0586. The van der Waals surface area contributed by atoms with E-state index in [1.165, 1.54) is 0 Å². The topological polar surface area (TPSA) is 51.4 Å². The molecule has 2 atom stereocenters. The largest absolute Gasteiger partial charge is 0.378 e. The highest BCUT2D eigenvalue weighted by atomic mass is 32.1. The molecule has 2 N–H and O–H groups in total. The fourth-order valence-electron chi connectivity index (χ4n) is 2.73. The number of likely N-dealkylation sites (N-methyl/N-ethyl adjacent to an activating group) is 1. The summed E-state index contributed by atoms with van der Waals surface area (Å²) in [6.45, 7) is 6.53. The van der Waals surface area contributed by atoms with Crippen LogP contribution in [0.15, 0.2) is 5.38 Å². The molecule has 1 aromatic rings. The molecule has 0 bridgehead atoms. The Kier molecular flexibility index (Phi) is 4.37. The summed E-state index contributed by atoms with van der Waals surface area (Å²) < 4.78 is 5.64. The summed E-state index contributed by atoms with van der Waals surface area (Å²) >= 11 is 1.71. The average Bonchev–Trinajstić information content (AvgIpc) is 2.74. The monoisotopic (exact) mass is 269 g/mol. The first-order valence-electron chi connectivity index (χ1n) is 6.50. The van der Waals surface area contributed by atoms with E-state index in [9.17, 15) is 0 Å². The molecule has 1 aromatic heterocycles. The van der Waals surface area contributed by atoms with Crippen LogP contribution >= 0.6 is 11.3 Å². The number of hydrogen-bond donors (Lipinski definition) is 1. The van der Waals surface area contributed by atoms with Crippen LogP contribution in [0.4, 0.5) is 0 Å². The van der Waals surface area contributed by atoms with E-state index in [-0.39, 0.29) is 5.54 Å². The molecule has 1 fully saturated rings. The number of nitrogens with two attached hydrogens (primary N) is 1. The molecule has 18 heavy (non-hydrogen) atoms. The van der Waals surface area contributed by atoms with E-state index in [1.807, 2.05) is 6.92 Å². The van der Waals surface area contributed by atoms with E-state index in [1.54, 1.807) is 11.3 Å². The van der Waals surface area contributed by atoms with Crippen molar-refractivity contribution in [1.29, 1.82) is 0 Å². The summed E-state index contributed by atoms with van der Waals surface area (Å²) in [5, 5.41) is 3.26. The molecular formula is C13H23N3OS. The van der Waals surface area contributed by atoms with Crippen LogP contribution in [0.1, 0.15) is 30.5 Å². The van der Waals surface area contributed by atoms with Crippen LogP contribution in [0.2, 0.25) is 0 Å². The Balaban J connectivity index is 2.07. The van der Waals surface area contributed by atoms with Crippen molar-refractivity contribution in [1.82, 2.24) is 9.88 Å². The van der Waals surface area contributed by atoms with Gasteiger partial charge in [0.05, 0.1) is 16.8 Å². The molecule has 2 unspecified atom stereocenters. The number of rotatable bonds is 4. The van der Waals surface area contributed by atoms with E-state index >= 15 is 0 Å². The minimum atomic E-state index is 0.0647. The van der Waals surface area contributed by atoms with E-state index in [4.69, 9.17) is 10.5 Å². The van der Waals surface area contributed by atoms with Crippen molar-refractivity contribution in [2.24, 2.45) is 5.73 Å². The van der Waals surface area contributed by atoms with Gasteiger partial charge >= 0.3 is 0 Å². The van der Waals surface area contributed by atoms with Gasteiger partial charge in [-0.3, -0.25) is 4.90 Å². The van der Waals surface area contributed by atoms with Gasteiger partial charge in [-0.15, -0.1) is 11.3 Å². The summed E-state index contributed by atoms with van der Waals surface area (Å²) in [6, 6.07) is 0. The molecule has 0 amide bonds. The highest BCUT2D eigenvalue weighted by Crippen LogP contribution is 2.30. The smallest absolute Gasteiger partial charge is 0.0897 e. The zero-order valence-electron chi connectivity index (χ0n) is 11.5. The first kappa shape index (κ1) is 13.9. The van der Waals surface area contributed by atoms with Gasteiger partial charge in [0.25, 0.3) is 0 Å². The maximum absolute atomic E-state index is 6.05. The Bertz CT molecular complexity index is 395. The van der Waals surface area contributed by atoms with E-state index < -0.39 is 0 Å². The van der Waals surface area contributed by atoms with Crippen molar-refractivity contribution in [3.8, 4) is 0 Å². The van der Waals surface area contributed by atoms with Gasteiger partial charge in [0, 0.05) is 30.6 Å². The second-order valence-electron chi connectivity index (χ2n) is 5.28. The predicted octanol–water partition coefficient (Wildman–Crippen LogP) is 1.78. The van der Waals surface area contributed by atoms with Crippen LogP contribution in [0.5, 0.6) is 0 Å².